The number of hydrogen-bond acceptors (Lipinski definition) is 2. The van der Waals surface area contributed by atoms with Gasteiger partial charge in [0.05, 0.1) is 0 Å². The molecule has 1 N–H and O–H groups in total. The Hall–Kier alpha value is -1.20. The van der Waals surface area contributed by atoms with Crippen LogP contribution in [-0.4, -0.2) is 12.9 Å². The van der Waals surface area contributed by atoms with E-state index in [1.807, 2.05) is 6.92 Å². The first kappa shape index (κ1) is 14.9. The van der Waals surface area contributed by atoms with Gasteiger partial charge in [-0.25, -0.2) is 0 Å². The van der Waals surface area contributed by atoms with Crippen LogP contribution >= 0.6 is 11.6 Å². The maximum absolute atomic E-state index is 12.0. The van der Waals surface area contributed by atoms with Gasteiger partial charge in [-0.15, -0.1) is 13.2 Å². The third-order valence-electron chi connectivity index (χ3n) is 2.21. The minimum absolute atomic E-state index is 0.0413. The quantitative estimate of drug-likeness (QED) is 0.880. The van der Waals surface area contributed by atoms with Gasteiger partial charge in [-0.2, -0.15) is 0 Å². The van der Waals surface area contributed by atoms with Crippen molar-refractivity contribution in [2.24, 2.45) is 0 Å². The fraction of sp³-hybridized carbons (Fsp3) is 0.333. The summed E-state index contributed by atoms with van der Waals surface area (Å²) in [7, 11) is 0. The van der Waals surface area contributed by atoms with Crippen LogP contribution in [0.15, 0.2) is 35.9 Å². The van der Waals surface area contributed by atoms with E-state index in [0.717, 1.165) is 5.56 Å². The van der Waals surface area contributed by atoms with Crippen LogP contribution in [0.5, 0.6) is 5.75 Å². The van der Waals surface area contributed by atoms with E-state index in [-0.39, 0.29) is 11.8 Å². The van der Waals surface area contributed by atoms with Gasteiger partial charge in [0.25, 0.3) is 0 Å². The highest BCUT2D eigenvalue weighted by atomic mass is 35.5. The molecule has 0 aliphatic rings. The number of hydrogen-bond donors (Lipinski definition) is 1. The van der Waals surface area contributed by atoms with Gasteiger partial charge in [0.2, 0.25) is 0 Å². The van der Waals surface area contributed by atoms with E-state index in [2.05, 4.69) is 16.6 Å². The van der Waals surface area contributed by atoms with Crippen LogP contribution in [0, 0.1) is 0 Å². The van der Waals surface area contributed by atoms with Crippen molar-refractivity contribution in [2.45, 2.75) is 19.3 Å². The molecule has 0 heterocycles. The van der Waals surface area contributed by atoms with Crippen LogP contribution in [-0.2, 0) is 0 Å². The third kappa shape index (κ3) is 5.42. The smallest absolute Gasteiger partial charge is 0.406 e. The molecule has 0 saturated heterocycles. The first-order chi connectivity index (χ1) is 8.28. The predicted molar refractivity (Wildman–Crippen MR) is 64.5 cm³/mol. The highest BCUT2D eigenvalue weighted by molar-refractivity contribution is 6.29. The van der Waals surface area contributed by atoms with Gasteiger partial charge in [-0.3, -0.25) is 0 Å². The van der Waals surface area contributed by atoms with Crippen molar-refractivity contribution < 1.29 is 17.9 Å². The predicted octanol–water partition coefficient (Wildman–Crippen LogP) is 3.99. The molecular weight excluding hydrogens is 267 g/mol. The summed E-state index contributed by atoms with van der Waals surface area (Å²) in [6, 6.07) is 5.64. The molecule has 0 bridgehead atoms. The van der Waals surface area contributed by atoms with E-state index < -0.39 is 6.36 Å². The van der Waals surface area contributed by atoms with E-state index in [9.17, 15) is 13.2 Å². The summed E-state index contributed by atoms with van der Waals surface area (Å²) in [6.45, 7) is 5.84. The molecule has 0 radical (unpaired) electrons. The lowest BCUT2D eigenvalue weighted by Crippen LogP contribution is -2.20. The fourth-order valence-electron chi connectivity index (χ4n) is 1.34. The van der Waals surface area contributed by atoms with Crippen molar-refractivity contribution in [1.29, 1.82) is 0 Å². The van der Waals surface area contributed by atoms with Crippen LogP contribution in [0.25, 0.3) is 0 Å². The molecule has 0 aliphatic heterocycles. The van der Waals surface area contributed by atoms with Crippen LogP contribution in [0.3, 0.4) is 0 Å². The molecular formula is C12H13ClF3NO. The van der Waals surface area contributed by atoms with Gasteiger partial charge in [-0.05, 0) is 24.6 Å². The van der Waals surface area contributed by atoms with Crippen molar-refractivity contribution in [3.8, 4) is 5.75 Å². The normalized spacial score (nSPS) is 13.2. The standard InChI is InChI=1S/C12H13ClF3NO/c1-8(13)7-17-9(2)10-3-5-11(6-4-10)18-12(14,15)16/h3-6,9,17H,1,7H2,2H3. The second kappa shape index (κ2) is 6.11. The van der Waals surface area contributed by atoms with Crippen molar-refractivity contribution in [3.05, 3.63) is 41.4 Å². The average Bonchev–Trinajstić information content (AvgIpc) is 2.24. The molecule has 2 nitrogen and oxygen atoms in total. The van der Waals surface area contributed by atoms with Crippen LogP contribution in [0.4, 0.5) is 13.2 Å². The van der Waals surface area contributed by atoms with E-state index in [1.165, 1.54) is 12.1 Å². The van der Waals surface area contributed by atoms with E-state index >= 15 is 0 Å². The first-order valence-corrected chi connectivity index (χ1v) is 5.58. The molecule has 0 amide bonds. The number of nitrogens with one attached hydrogen (secondary N) is 1. The zero-order chi connectivity index (χ0) is 13.8. The lowest BCUT2D eigenvalue weighted by molar-refractivity contribution is -0.274. The first-order valence-electron chi connectivity index (χ1n) is 5.20. The minimum atomic E-state index is -4.66. The fourth-order valence-corrected chi connectivity index (χ4v) is 1.42. The minimum Gasteiger partial charge on any atom is -0.406 e. The Morgan fingerprint density at radius 2 is 1.94 bits per heavy atom. The van der Waals surface area contributed by atoms with Crippen LogP contribution < -0.4 is 10.1 Å². The SMILES string of the molecule is C=C(Cl)CNC(C)c1ccc(OC(F)(F)F)cc1. The largest absolute Gasteiger partial charge is 0.573 e. The Balaban J connectivity index is 2.62. The molecule has 0 spiro atoms. The van der Waals surface area contributed by atoms with Gasteiger partial charge in [-0.1, -0.05) is 30.3 Å². The van der Waals surface area contributed by atoms with E-state index in [4.69, 9.17) is 11.6 Å². The summed E-state index contributed by atoms with van der Waals surface area (Å²) < 4.78 is 39.6. The zero-order valence-corrected chi connectivity index (χ0v) is 10.5. The molecule has 0 aliphatic carbocycles. The lowest BCUT2D eigenvalue weighted by atomic mass is 10.1. The van der Waals surface area contributed by atoms with Crippen LogP contribution in [0.2, 0.25) is 0 Å². The molecule has 1 aromatic rings. The molecule has 0 aromatic heterocycles. The molecule has 100 valence electrons. The van der Waals surface area contributed by atoms with E-state index in [0.29, 0.717) is 11.6 Å². The Bertz CT molecular complexity index is 403. The number of rotatable bonds is 5. The Morgan fingerprint density at radius 3 is 2.39 bits per heavy atom. The second-order valence-corrected chi connectivity index (χ2v) is 4.27. The van der Waals surface area contributed by atoms with Crippen LogP contribution in [0.1, 0.15) is 18.5 Å². The molecule has 0 fully saturated rings. The van der Waals surface area contributed by atoms with Gasteiger partial charge in [0.15, 0.2) is 0 Å². The Morgan fingerprint density at radius 1 is 1.39 bits per heavy atom. The second-order valence-electron chi connectivity index (χ2n) is 3.74. The van der Waals surface area contributed by atoms with Crippen molar-refractivity contribution in [1.82, 2.24) is 5.32 Å². The monoisotopic (exact) mass is 279 g/mol. The number of halogens is 4. The van der Waals surface area contributed by atoms with Gasteiger partial charge >= 0.3 is 6.36 Å². The maximum Gasteiger partial charge on any atom is 0.573 e. The summed E-state index contributed by atoms with van der Waals surface area (Å²) >= 11 is 5.61. The molecule has 0 saturated carbocycles. The zero-order valence-electron chi connectivity index (χ0n) is 9.72. The molecule has 6 heteroatoms. The summed E-state index contributed by atoms with van der Waals surface area (Å²) in [6.07, 6.45) is -4.66. The third-order valence-corrected chi connectivity index (χ3v) is 2.35. The van der Waals surface area contributed by atoms with Crippen molar-refractivity contribution in [2.75, 3.05) is 6.54 Å². The van der Waals surface area contributed by atoms with Gasteiger partial charge < -0.3 is 10.1 Å². The Kier molecular flexibility index (Phi) is 5.04. The molecule has 1 atom stereocenters. The number of benzene rings is 1. The summed E-state index contributed by atoms with van der Waals surface area (Å²) in [4.78, 5) is 0. The number of ether oxygens (including phenoxy) is 1. The Labute approximate surface area is 108 Å². The number of alkyl halides is 3. The molecule has 1 unspecified atom stereocenters. The summed E-state index contributed by atoms with van der Waals surface area (Å²) in [5.74, 6) is -0.236. The highest BCUT2D eigenvalue weighted by Gasteiger charge is 2.30. The highest BCUT2D eigenvalue weighted by Crippen LogP contribution is 2.24. The summed E-state index contributed by atoms with van der Waals surface area (Å²) in [5.41, 5.74) is 0.836. The summed E-state index contributed by atoms with van der Waals surface area (Å²) in [5, 5.41) is 3.54. The maximum atomic E-state index is 12.0. The van der Waals surface area contributed by atoms with Crippen molar-refractivity contribution >= 4 is 11.6 Å². The lowest BCUT2D eigenvalue weighted by Gasteiger charge is -2.15. The molecule has 18 heavy (non-hydrogen) atoms. The van der Waals surface area contributed by atoms with Gasteiger partial charge in [0, 0.05) is 17.6 Å². The molecule has 1 aromatic carbocycles. The topological polar surface area (TPSA) is 21.3 Å². The van der Waals surface area contributed by atoms with E-state index in [1.54, 1.807) is 12.1 Å². The molecule has 1 rings (SSSR count). The van der Waals surface area contributed by atoms with Gasteiger partial charge in [0.1, 0.15) is 5.75 Å². The van der Waals surface area contributed by atoms with Crippen molar-refractivity contribution in [3.63, 3.8) is 0 Å². The average molecular weight is 280 g/mol.